The average molecular weight is 446 g/mol. The fourth-order valence-electron chi connectivity index (χ4n) is 4.52. The fourth-order valence-corrected chi connectivity index (χ4v) is 4.52. The van der Waals surface area contributed by atoms with Crippen LogP contribution in [0.5, 0.6) is 5.75 Å². The molecule has 0 amide bonds. The van der Waals surface area contributed by atoms with Crippen molar-refractivity contribution in [3.63, 3.8) is 0 Å². The monoisotopic (exact) mass is 446 g/mol. The summed E-state index contributed by atoms with van der Waals surface area (Å²) < 4.78 is 42.6. The molecule has 2 aromatic heterocycles. The van der Waals surface area contributed by atoms with Gasteiger partial charge in [-0.1, -0.05) is 0 Å². The lowest BCUT2D eigenvalue weighted by molar-refractivity contribution is -0.156. The summed E-state index contributed by atoms with van der Waals surface area (Å²) in [4.78, 5) is 2.15. The van der Waals surface area contributed by atoms with E-state index >= 15 is 0 Å². The molecule has 0 spiro atoms. The smallest absolute Gasteiger partial charge is 0.470 e. The number of aromatic hydroxyl groups is 1. The lowest BCUT2D eigenvalue weighted by atomic mass is 9.98. The SMILES string of the molecule is CN(c1ccc(-c2ccc(-c3nnc(C(F)(F)F)o3)cc2O)nn1)C1C[C@H]2CC[C@@H](C1)N2. The molecule has 0 radical (unpaired) electrons. The zero-order valence-electron chi connectivity index (χ0n) is 17.2. The van der Waals surface area contributed by atoms with Gasteiger partial charge in [0.05, 0.1) is 5.69 Å². The van der Waals surface area contributed by atoms with Gasteiger partial charge in [0.2, 0.25) is 5.89 Å². The number of aromatic nitrogens is 4. The van der Waals surface area contributed by atoms with Crippen molar-refractivity contribution in [1.29, 1.82) is 0 Å². The van der Waals surface area contributed by atoms with E-state index < -0.39 is 12.1 Å². The maximum Gasteiger partial charge on any atom is 0.470 e. The summed E-state index contributed by atoms with van der Waals surface area (Å²) >= 11 is 0. The topological polar surface area (TPSA) is 100 Å². The first-order chi connectivity index (χ1) is 15.3. The van der Waals surface area contributed by atoms with E-state index in [1.807, 2.05) is 13.1 Å². The fraction of sp³-hybridized carbons (Fsp3) is 0.429. The molecule has 0 saturated carbocycles. The van der Waals surface area contributed by atoms with Crippen LogP contribution in [0.2, 0.25) is 0 Å². The summed E-state index contributed by atoms with van der Waals surface area (Å²) in [7, 11) is 2.02. The third-order valence-electron chi connectivity index (χ3n) is 6.20. The van der Waals surface area contributed by atoms with Crippen LogP contribution in [-0.4, -0.2) is 50.7 Å². The lowest BCUT2D eigenvalue weighted by Crippen LogP contribution is -2.47. The Labute approximate surface area is 181 Å². The Balaban J connectivity index is 1.33. The van der Waals surface area contributed by atoms with E-state index in [0.717, 1.165) is 18.7 Å². The maximum atomic E-state index is 12.7. The minimum atomic E-state index is -4.73. The van der Waals surface area contributed by atoms with Crippen molar-refractivity contribution < 1.29 is 22.7 Å². The Bertz CT molecular complexity index is 1110. The molecule has 2 bridgehead atoms. The van der Waals surface area contributed by atoms with Crippen LogP contribution in [-0.2, 0) is 6.18 Å². The standard InChI is InChI=1S/C21H21F3N6O2/c1-30(14-9-12-3-4-13(10-14)25-12)18-7-6-16(26-27-18)15-5-2-11(8-17(15)31)19-28-29-20(32-19)21(22,23)24/h2,5-8,12-14,25,31H,3-4,9-10H2,1H3/t12-,13+,14?. The third-order valence-corrected chi connectivity index (χ3v) is 6.20. The quantitative estimate of drug-likeness (QED) is 0.627. The number of piperidine rings is 1. The molecule has 2 saturated heterocycles. The highest BCUT2D eigenvalue weighted by atomic mass is 19.4. The Morgan fingerprint density at radius 1 is 1.03 bits per heavy atom. The molecule has 5 rings (SSSR count). The van der Waals surface area contributed by atoms with Crippen LogP contribution in [0.15, 0.2) is 34.7 Å². The number of nitrogens with zero attached hydrogens (tertiary/aromatic N) is 5. The summed E-state index contributed by atoms with van der Waals surface area (Å²) in [6.45, 7) is 0. The first kappa shape index (κ1) is 20.7. The van der Waals surface area contributed by atoms with Crippen LogP contribution < -0.4 is 10.2 Å². The number of benzene rings is 1. The Morgan fingerprint density at radius 2 is 1.78 bits per heavy atom. The van der Waals surface area contributed by atoms with Gasteiger partial charge in [-0.3, -0.25) is 0 Å². The van der Waals surface area contributed by atoms with Gasteiger partial charge in [-0.2, -0.15) is 13.2 Å². The minimum absolute atomic E-state index is 0.166. The summed E-state index contributed by atoms with van der Waals surface area (Å²) in [5.41, 5.74) is 1.00. The van der Waals surface area contributed by atoms with Crippen molar-refractivity contribution >= 4 is 5.82 Å². The van der Waals surface area contributed by atoms with E-state index in [1.165, 1.54) is 31.0 Å². The van der Waals surface area contributed by atoms with Crippen LogP contribution >= 0.6 is 0 Å². The molecule has 8 nitrogen and oxygen atoms in total. The van der Waals surface area contributed by atoms with Crippen molar-refractivity contribution in [1.82, 2.24) is 25.7 Å². The highest BCUT2D eigenvalue weighted by Gasteiger charge is 2.38. The highest BCUT2D eigenvalue weighted by Crippen LogP contribution is 2.35. The normalized spacial score (nSPS) is 22.8. The van der Waals surface area contributed by atoms with Gasteiger partial charge in [-0.05, 0) is 56.0 Å². The Kier molecular flexibility index (Phi) is 5.00. The second-order valence-corrected chi connectivity index (χ2v) is 8.29. The largest absolute Gasteiger partial charge is 0.507 e. The summed E-state index contributed by atoms with van der Waals surface area (Å²) in [6, 6.07) is 9.41. The lowest BCUT2D eigenvalue weighted by Gasteiger charge is -2.36. The van der Waals surface area contributed by atoms with Gasteiger partial charge in [0.15, 0.2) is 5.82 Å². The molecule has 168 valence electrons. The summed E-state index contributed by atoms with van der Waals surface area (Å²) in [5, 5.41) is 29.0. The molecule has 1 unspecified atom stereocenters. The van der Waals surface area contributed by atoms with E-state index in [-0.39, 0.29) is 17.2 Å². The van der Waals surface area contributed by atoms with Crippen molar-refractivity contribution in [2.75, 3.05) is 11.9 Å². The predicted molar refractivity (Wildman–Crippen MR) is 109 cm³/mol. The third kappa shape index (κ3) is 3.88. The molecule has 11 heteroatoms. The Morgan fingerprint density at radius 3 is 2.38 bits per heavy atom. The number of anilines is 1. The zero-order valence-corrected chi connectivity index (χ0v) is 17.2. The molecule has 2 aliphatic heterocycles. The number of phenols is 1. The average Bonchev–Trinajstić information content (AvgIpc) is 3.40. The van der Waals surface area contributed by atoms with Crippen molar-refractivity contribution in [3.8, 4) is 28.5 Å². The van der Waals surface area contributed by atoms with Crippen molar-refractivity contribution in [3.05, 3.63) is 36.2 Å². The molecule has 2 N–H and O–H groups in total. The van der Waals surface area contributed by atoms with Crippen LogP contribution in [0.3, 0.4) is 0 Å². The maximum absolute atomic E-state index is 12.7. The second-order valence-electron chi connectivity index (χ2n) is 8.29. The van der Waals surface area contributed by atoms with E-state index in [0.29, 0.717) is 29.4 Å². The molecule has 32 heavy (non-hydrogen) atoms. The first-order valence-electron chi connectivity index (χ1n) is 10.3. The number of hydrogen-bond donors (Lipinski definition) is 2. The first-order valence-corrected chi connectivity index (χ1v) is 10.3. The van der Waals surface area contributed by atoms with Crippen molar-refractivity contribution in [2.24, 2.45) is 0 Å². The molecule has 3 atom stereocenters. The van der Waals surface area contributed by atoms with E-state index in [1.54, 1.807) is 6.07 Å². The van der Waals surface area contributed by atoms with E-state index in [9.17, 15) is 18.3 Å². The number of fused-ring (bicyclic) bond motifs is 2. The number of alkyl halides is 3. The van der Waals surface area contributed by atoms with Gasteiger partial charge in [0.1, 0.15) is 5.75 Å². The Hall–Kier alpha value is -3.21. The number of phenolic OH excluding ortho intramolecular Hbond substituents is 1. The second kappa shape index (κ2) is 7.73. The van der Waals surface area contributed by atoms with Crippen molar-refractivity contribution in [2.45, 2.75) is 50.0 Å². The van der Waals surface area contributed by atoms with E-state index in [4.69, 9.17) is 0 Å². The summed E-state index contributed by atoms with van der Waals surface area (Å²) in [6.07, 6.45) is -0.147. The highest BCUT2D eigenvalue weighted by molar-refractivity contribution is 5.71. The number of nitrogens with one attached hydrogen (secondary N) is 1. The van der Waals surface area contributed by atoms with Gasteiger partial charge in [0, 0.05) is 36.3 Å². The number of hydrogen-bond acceptors (Lipinski definition) is 8. The zero-order chi connectivity index (χ0) is 22.5. The number of rotatable bonds is 4. The van der Waals surface area contributed by atoms with Crippen LogP contribution in [0.4, 0.5) is 19.0 Å². The van der Waals surface area contributed by atoms with Crippen LogP contribution in [0.25, 0.3) is 22.7 Å². The van der Waals surface area contributed by atoms with Gasteiger partial charge in [0.25, 0.3) is 0 Å². The predicted octanol–water partition coefficient (Wildman–Crippen LogP) is 3.64. The van der Waals surface area contributed by atoms with Gasteiger partial charge in [-0.15, -0.1) is 20.4 Å². The molecular weight excluding hydrogens is 425 g/mol. The molecular formula is C21H21F3N6O2. The summed E-state index contributed by atoms with van der Waals surface area (Å²) in [5.74, 6) is -1.21. The van der Waals surface area contributed by atoms with Gasteiger partial charge < -0.3 is 19.7 Å². The van der Waals surface area contributed by atoms with Crippen LogP contribution in [0.1, 0.15) is 31.6 Å². The molecule has 4 heterocycles. The number of halogens is 3. The van der Waals surface area contributed by atoms with Gasteiger partial charge in [-0.25, -0.2) is 0 Å². The van der Waals surface area contributed by atoms with E-state index in [2.05, 4.69) is 35.0 Å². The molecule has 1 aromatic carbocycles. The molecule has 2 fully saturated rings. The van der Waals surface area contributed by atoms with Crippen LogP contribution in [0, 0.1) is 0 Å². The molecule has 2 aliphatic rings. The minimum Gasteiger partial charge on any atom is -0.507 e. The van der Waals surface area contributed by atoms with Gasteiger partial charge >= 0.3 is 12.1 Å². The molecule has 3 aromatic rings. The molecule has 0 aliphatic carbocycles.